The zero-order valence-electron chi connectivity index (χ0n) is 15.5. The van der Waals surface area contributed by atoms with E-state index in [1.807, 2.05) is 36.4 Å². The summed E-state index contributed by atoms with van der Waals surface area (Å²) in [5, 5.41) is 6.76. The van der Waals surface area contributed by atoms with Crippen LogP contribution < -0.4 is 10.1 Å². The molecular weight excluding hydrogens is 408 g/mol. The Morgan fingerprint density at radius 2 is 1.55 bits per heavy atom. The molecular formula is C24H18Cl2FNO. The van der Waals surface area contributed by atoms with Crippen molar-refractivity contribution in [1.29, 1.82) is 0 Å². The molecule has 0 amide bonds. The van der Waals surface area contributed by atoms with Gasteiger partial charge in [0.1, 0.15) is 18.2 Å². The highest BCUT2D eigenvalue weighted by Gasteiger charge is 2.10. The van der Waals surface area contributed by atoms with E-state index in [0.29, 0.717) is 23.2 Å². The van der Waals surface area contributed by atoms with E-state index in [-0.39, 0.29) is 5.82 Å². The van der Waals surface area contributed by atoms with Gasteiger partial charge in [0.05, 0.1) is 0 Å². The molecule has 0 aliphatic carbocycles. The van der Waals surface area contributed by atoms with Crippen LogP contribution in [0.5, 0.6) is 5.75 Å². The van der Waals surface area contributed by atoms with Crippen LogP contribution in [-0.2, 0) is 13.2 Å². The first kappa shape index (κ1) is 19.6. The first-order valence-corrected chi connectivity index (χ1v) is 9.92. The van der Waals surface area contributed by atoms with Crippen LogP contribution >= 0.6 is 23.2 Å². The van der Waals surface area contributed by atoms with Gasteiger partial charge in [0.15, 0.2) is 0 Å². The lowest BCUT2D eigenvalue weighted by molar-refractivity contribution is 0.303. The van der Waals surface area contributed by atoms with Gasteiger partial charge in [-0.3, -0.25) is 0 Å². The topological polar surface area (TPSA) is 21.3 Å². The molecule has 2 nitrogen and oxygen atoms in total. The molecule has 0 fully saturated rings. The Kier molecular flexibility index (Phi) is 5.89. The zero-order valence-corrected chi connectivity index (χ0v) is 17.0. The number of benzene rings is 4. The molecule has 0 aliphatic heterocycles. The van der Waals surface area contributed by atoms with Crippen molar-refractivity contribution in [3.63, 3.8) is 0 Å². The molecule has 146 valence electrons. The number of nitrogens with one attached hydrogen (secondary N) is 1. The Hall–Kier alpha value is -2.75. The summed E-state index contributed by atoms with van der Waals surface area (Å²) >= 11 is 12.2. The first-order valence-electron chi connectivity index (χ1n) is 9.16. The summed E-state index contributed by atoms with van der Waals surface area (Å²) in [5.74, 6) is 0.512. The van der Waals surface area contributed by atoms with Gasteiger partial charge in [0, 0.05) is 27.8 Å². The molecule has 4 aromatic carbocycles. The molecule has 0 unspecified atom stereocenters. The molecule has 0 spiro atoms. The van der Waals surface area contributed by atoms with Gasteiger partial charge in [-0.1, -0.05) is 65.7 Å². The highest BCUT2D eigenvalue weighted by atomic mass is 35.5. The second kappa shape index (κ2) is 8.73. The number of anilines is 1. The van der Waals surface area contributed by atoms with Crippen LogP contribution in [0, 0.1) is 5.82 Å². The Labute approximate surface area is 178 Å². The molecule has 29 heavy (non-hydrogen) atoms. The predicted molar refractivity (Wildman–Crippen MR) is 118 cm³/mol. The third kappa shape index (κ3) is 4.81. The molecule has 0 saturated carbocycles. The Morgan fingerprint density at radius 1 is 0.828 bits per heavy atom. The van der Waals surface area contributed by atoms with E-state index < -0.39 is 0 Å². The van der Waals surface area contributed by atoms with E-state index in [2.05, 4.69) is 17.4 Å². The number of rotatable bonds is 6. The summed E-state index contributed by atoms with van der Waals surface area (Å²) in [5.41, 5.74) is 2.77. The van der Waals surface area contributed by atoms with Crippen molar-refractivity contribution in [3.8, 4) is 5.75 Å². The number of halogens is 3. The maximum absolute atomic E-state index is 13.1. The average molecular weight is 426 g/mol. The molecule has 0 heterocycles. The van der Waals surface area contributed by atoms with Crippen molar-refractivity contribution in [2.75, 3.05) is 5.32 Å². The highest BCUT2D eigenvalue weighted by molar-refractivity contribution is 6.35. The standard InChI is InChI=1S/C24H18Cl2FNO/c25-18-11-19(26)13-21(12-18)28-14-23-22-4-2-1-3-17(22)7-10-24(23)29-15-16-5-8-20(27)9-6-16/h1-13,28H,14-15H2. The van der Waals surface area contributed by atoms with Crippen LogP contribution in [0.2, 0.25) is 10.0 Å². The van der Waals surface area contributed by atoms with Crippen LogP contribution in [-0.4, -0.2) is 0 Å². The largest absolute Gasteiger partial charge is 0.489 e. The minimum atomic E-state index is -0.260. The maximum atomic E-state index is 13.1. The smallest absolute Gasteiger partial charge is 0.125 e. The highest BCUT2D eigenvalue weighted by Crippen LogP contribution is 2.30. The van der Waals surface area contributed by atoms with Gasteiger partial charge in [-0.2, -0.15) is 0 Å². The van der Waals surface area contributed by atoms with Crippen LogP contribution in [0.25, 0.3) is 10.8 Å². The van der Waals surface area contributed by atoms with Crippen LogP contribution in [0.4, 0.5) is 10.1 Å². The number of hydrogen-bond acceptors (Lipinski definition) is 2. The summed E-state index contributed by atoms with van der Waals surface area (Å²) in [4.78, 5) is 0. The molecule has 0 atom stereocenters. The predicted octanol–water partition coefficient (Wildman–Crippen LogP) is 7.48. The van der Waals surface area contributed by atoms with Crippen LogP contribution in [0.15, 0.2) is 78.9 Å². The number of fused-ring (bicyclic) bond motifs is 1. The van der Waals surface area contributed by atoms with Crippen molar-refractivity contribution < 1.29 is 9.13 Å². The molecule has 0 saturated heterocycles. The van der Waals surface area contributed by atoms with Gasteiger partial charge in [0.2, 0.25) is 0 Å². The minimum absolute atomic E-state index is 0.260. The zero-order chi connectivity index (χ0) is 20.2. The van der Waals surface area contributed by atoms with Crippen LogP contribution in [0.1, 0.15) is 11.1 Å². The van der Waals surface area contributed by atoms with E-state index in [0.717, 1.165) is 33.3 Å². The lowest BCUT2D eigenvalue weighted by Gasteiger charge is -2.16. The average Bonchev–Trinajstić information content (AvgIpc) is 2.71. The first-order chi connectivity index (χ1) is 14.1. The molecule has 5 heteroatoms. The van der Waals surface area contributed by atoms with E-state index in [1.165, 1.54) is 12.1 Å². The van der Waals surface area contributed by atoms with E-state index in [9.17, 15) is 4.39 Å². The van der Waals surface area contributed by atoms with E-state index in [4.69, 9.17) is 27.9 Å². The van der Waals surface area contributed by atoms with E-state index >= 15 is 0 Å². The Morgan fingerprint density at radius 3 is 2.31 bits per heavy atom. The fourth-order valence-corrected chi connectivity index (χ4v) is 3.75. The Balaban J connectivity index is 1.62. The van der Waals surface area contributed by atoms with Gasteiger partial charge in [0.25, 0.3) is 0 Å². The Bertz CT molecular complexity index is 1130. The van der Waals surface area contributed by atoms with E-state index in [1.54, 1.807) is 18.2 Å². The van der Waals surface area contributed by atoms with Gasteiger partial charge >= 0.3 is 0 Å². The van der Waals surface area contributed by atoms with Gasteiger partial charge in [-0.15, -0.1) is 0 Å². The van der Waals surface area contributed by atoms with Gasteiger partial charge < -0.3 is 10.1 Å². The summed E-state index contributed by atoms with van der Waals surface area (Å²) in [7, 11) is 0. The summed E-state index contributed by atoms with van der Waals surface area (Å²) in [6, 6.07) is 23.8. The molecule has 4 aromatic rings. The van der Waals surface area contributed by atoms with Crippen LogP contribution in [0.3, 0.4) is 0 Å². The molecule has 1 N–H and O–H groups in total. The van der Waals surface area contributed by atoms with Crippen molar-refractivity contribution in [3.05, 3.63) is 106 Å². The quantitative estimate of drug-likeness (QED) is 0.345. The third-order valence-electron chi connectivity index (χ3n) is 4.64. The lowest BCUT2D eigenvalue weighted by Crippen LogP contribution is -2.05. The number of hydrogen-bond donors (Lipinski definition) is 1. The van der Waals surface area contributed by atoms with Crippen molar-refractivity contribution in [2.24, 2.45) is 0 Å². The van der Waals surface area contributed by atoms with Crippen molar-refractivity contribution in [1.82, 2.24) is 0 Å². The van der Waals surface area contributed by atoms with Gasteiger partial charge in [-0.25, -0.2) is 4.39 Å². The summed E-state index contributed by atoms with van der Waals surface area (Å²) in [6.45, 7) is 0.894. The summed E-state index contributed by atoms with van der Waals surface area (Å²) in [6.07, 6.45) is 0. The molecule has 0 radical (unpaired) electrons. The molecule has 0 aliphatic rings. The fraction of sp³-hybridized carbons (Fsp3) is 0.0833. The lowest BCUT2D eigenvalue weighted by atomic mass is 10.0. The minimum Gasteiger partial charge on any atom is -0.489 e. The normalized spacial score (nSPS) is 10.9. The van der Waals surface area contributed by atoms with Crippen molar-refractivity contribution >= 4 is 39.7 Å². The second-order valence-electron chi connectivity index (χ2n) is 6.69. The van der Waals surface area contributed by atoms with Gasteiger partial charge in [-0.05, 0) is 52.7 Å². The molecule has 4 rings (SSSR count). The SMILES string of the molecule is Fc1ccc(COc2ccc3ccccc3c2CNc2cc(Cl)cc(Cl)c2)cc1. The summed E-state index contributed by atoms with van der Waals surface area (Å²) < 4.78 is 19.2. The second-order valence-corrected chi connectivity index (χ2v) is 7.56. The fourth-order valence-electron chi connectivity index (χ4n) is 3.22. The molecule has 0 aromatic heterocycles. The maximum Gasteiger partial charge on any atom is 0.125 e. The monoisotopic (exact) mass is 425 g/mol. The molecule has 0 bridgehead atoms. The van der Waals surface area contributed by atoms with Crippen molar-refractivity contribution in [2.45, 2.75) is 13.2 Å². The third-order valence-corrected chi connectivity index (χ3v) is 5.07. The number of ether oxygens (including phenoxy) is 1.